The standard InChI is InChI=1S/C8H16N2S/c1-8(7-11-2)6-10-5-3-4-9/h8,10H,3,5-7H2,1-2H3. The second-order valence-corrected chi connectivity index (χ2v) is 3.58. The number of hydrogen-bond donors (Lipinski definition) is 1. The summed E-state index contributed by atoms with van der Waals surface area (Å²) >= 11 is 1.87. The number of hydrogen-bond acceptors (Lipinski definition) is 3. The molecule has 0 bridgehead atoms. The van der Waals surface area contributed by atoms with Crippen LogP contribution in [0.5, 0.6) is 0 Å². The van der Waals surface area contributed by atoms with E-state index in [-0.39, 0.29) is 0 Å². The van der Waals surface area contributed by atoms with Crippen molar-refractivity contribution in [2.75, 3.05) is 25.1 Å². The second kappa shape index (κ2) is 7.90. The molecule has 0 saturated heterocycles. The minimum atomic E-state index is 0.617. The van der Waals surface area contributed by atoms with Gasteiger partial charge in [-0.1, -0.05) is 6.92 Å². The lowest BCUT2D eigenvalue weighted by molar-refractivity contribution is 0.565. The highest BCUT2D eigenvalue weighted by molar-refractivity contribution is 7.98. The van der Waals surface area contributed by atoms with Gasteiger partial charge in [0.1, 0.15) is 0 Å². The molecule has 0 aromatic rings. The van der Waals surface area contributed by atoms with E-state index in [1.165, 1.54) is 5.75 Å². The van der Waals surface area contributed by atoms with Crippen molar-refractivity contribution in [3.63, 3.8) is 0 Å². The predicted octanol–water partition coefficient (Wildman–Crippen LogP) is 1.49. The van der Waals surface area contributed by atoms with Crippen LogP contribution >= 0.6 is 11.8 Å². The summed E-state index contributed by atoms with van der Waals surface area (Å²) in [6.07, 6.45) is 2.73. The molecule has 11 heavy (non-hydrogen) atoms. The van der Waals surface area contributed by atoms with Crippen molar-refractivity contribution >= 4 is 11.8 Å². The van der Waals surface area contributed by atoms with Gasteiger partial charge in [0.25, 0.3) is 0 Å². The van der Waals surface area contributed by atoms with E-state index in [4.69, 9.17) is 5.26 Å². The molecule has 0 amide bonds. The molecule has 0 aliphatic heterocycles. The van der Waals surface area contributed by atoms with Crippen molar-refractivity contribution in [3.8, 4) is 6.07 Å². The molecule has 1 atom stereocenters. The SMILES string of the molecule is CSCC(C)CNCCC#N. The third-order valence-corrected chi connectivity index (χ3v) is 2.26. The summed E-state index contributed by atoms with van der Waals surface area (Å²) in [7, 11) is 0. The number of nitrogens with zero attached hydrogens (tertiary/aromatic N) is 1. The first-order chi connectivity index (χ1) is 5.31. The van der Waals surface area contributed by atoms with Crippen molar-refractivity contribution in [3.05, 3.63) is 0 Å². The zero-order chi connectivity index (χ0) is 8.53. The molecule has 0 aliphatic carbocycles. The Morgan fingerprint density at radius 2 is 2.36 bits per heavy atom. The van der Waals surface area contributed by atoms with E-state index in [9.17, 15) is 0 Å². The van der Waals surface area contributed by atoms with Crippen LogP contribution in [0.25, 0.3) is 0 Å². The first-order valence-corrected chi connectivity index (χ1v) is 5.27. The van der Waals surface area contributed by atoms with Gasteiger partial charge in [0.05, 0.1) is 6.07 Å². The summed E-state index contributed by atoms with van der Waals surface area (Å²) in [5.41, 5.74) is 0. The maximum absolute atomic E-state index is 8.24. The minimum absolute atomic E-state index is 0.617. The minimum Gasteiger partial charge on any atom is -0.315 e. The summed E-state index contributed by atoms with van der Waals surface area (Å²) in [5.74, 6) is 1.91. The first kappa shape index (κ1) is 10.8. The zero-order valence-electron chi connectivity index (χ0n) is 7.26. The first-order valence-electron chi connectivity index (χ1n) is 3.88. The van der Waals surface area contributed by atoms with Crippen LogP contribution < -0.4 is 5.32 Å². The second-order valence-electron chi connectivity index (χ2n) is 2.67. The van der Waals surface area contributed by atoms with Crippen LogP contribution in [0.2, 0.25) is 0 Å². The zero-order valence-corrected chi connectivity index (χ0v) is 8.08. The highest BCUT2D eigenvalue weighted by Gasteiger charge is 1.98. The van der Waals surface area contributed by atoms with Gasteiger partial charge < -0.3 is 5.32 Å². The van der Waals surface area contributed by atoms with Crippen molar-refractivity contribution in [2.45, 2.75) is 13.3 Å². The maximum atomic E-state index is 8.24. The van der Waals surface area contributed by atoms with E-state index in [1.807, 2.05) is 11.8 Å². The number of nitriles is 1. The molecule has 0 aromatic heterocycles. The van der Waals surface area contributed by atoms with Gasteiger partial charge in [-0.25, -0.2) is 0 Å². The Labute approximate surface area is 73.4 Å². The van der Waals surface area contributed by atoms with Gasteiger partial charge in [0.2, 0.25) is 0 Å². The predicted molar refractivity (Wildman–Crippen MR) is 50.6 cm³/mol. The van der Waals surface area contributed by atoms with Crippen molar-refractivity contribution < 1.29 is 0 Å². The highest BCUT2D eigenvalue weighted by Crippen LogP contribution is 2.02. The van der Waals surface area contributed by atoms with E-state index < -0.39 is 0 Å². The smallest absolute Gasteiger partial charge is 0.0635 e. The topological polar surface area (TPSA) is 35.8 Å². The lowest BCUT2D eigenvalue weighted by Gasteiger charge is -2.09. The molecule has 0 saturated carbocycles. The molecule has 1 N–H and O–H groups in total. The fourth-order valence-corrected chi connectivity index (χ4v) is 1.52. The van der Waals surface area contributed by atoms with Gasteiger partial charge in [-0.05, 0) is 24.5 Å². The lowest BCUT2D eigenvalue weighted by Crippen LogP contribution is -2.23. The molecule has 0 heterocycles. The van der Waals surface area contributed by atoms with Crippen LogP contribution in [0.4, 0.5) is 0 Å². The molecule has 3 heteroatoms. The fraction of sp³-hybridized carbons (Fsp3) is 0.875. The van der Waals surface area contributed by atoms with Gasteiger partial charge in [-0.15, -0.1) is 0 Å². The van der Waals surface area contributed by atoms with Gasteiger partial charge in [0.15, 0.2) is 0 Å². The molecule has 2 nitrogen and oxygen atoms in total. The van der Waals surface area contributed by atoms with Crippen LogP contribution in [-0.4, -0.2) is 25.1 Å². The average Bonchev–Trinajstić information content (AvgIpc) is 1.99. The Kier molecular flexibility index (Phi) is 7.76. The Bertz CT molecular complexity index is 120. The summed E-state index contributed by atoms with van der Waals surface area (Å²) in [6, 6.07) is 2.11. The number of thioether (sulfide) groups is 1. The fourth-order valence-electron chi connectivity index (χ4n) is 0.836. The monoisotopic (exact) mass is 172 g/mol. The Hall–Kier alpha value is -0.200. The lowest BCUT2D eigenvalue weighted by atomic mass is 10.2. The van der Waals surface area contributed by atoms with Crippen molar-refractivity contribution in [1.29, 1.82) is 5.26 Å². The molecule has 0 aromatic carbocycles. The number of rotatable bonds is 6. The van der Waals surface area contributed by atoms with Crippen LogP contribution in [0.3, 0.4) is 0 Å². The van der Waals surface area contributed by atoms with Crippen LogP contribution in [-0.2, 0) is 0 Å². The molecule has 1 unspecified atom stereocenters. The van der Waals surface area contributed by atoms with Crippen LogP contribution in [0.15, 0.2) is 0 Å². The number of nitrogens with one attached hydrogen (secondary N) is 1. The van der Waals surface area contributed by atoms with E-state index >= 15 is 0 Å². The van der Waals surface area contributed by atoms with E-state index in [1.54, 1.807) is 0 Å². The van der Waals surface area contributed by atoms with Crippen LogP contribution in [0.1, 0.15) is 13.3 Å². The molecule has 0 fully saturated rings. The summed E-state index contributed by atoms with van der Waals surface area (Å²) < 4.78 is 0. The third-order valence-electron chi connectivity index (χ3n) is 1.36. The van der Waals surface area contributed by atoms with Gasteiger partial charge in [-0.2, -0.15) is 17.0 Å². The largest absolute Gasteiger partial charge is 0.315 e. The summed E-state index contributed by atoms with van der Waals surface area (Å²) in [5, 5.41) is 11.5. The Balaban J connectivity index is 3.05. The molecular formula is C8H16N2S. The van der Waals surface area contributed by atoms with E-state index in [0.717, 1.165) is 13.1 Å². The Morgan fingerprint density at radius 1 is 1.64 bits per heavy atom. The third kappa shape index (κ3) is 7.70. The van der Waals surface area contributed by atoms with E-state index in [2.05, 4.69) is 24.6 Å². The molecule has 0 rings (SSSR count). The molecule has 0 radical (unpaired) electrons. The molecule has 0 spiro atoms. The maximum Gasteiger partial charge on any atom is 0.0635 e. The Morgan fingerprint density at radius 3 is 2.91 bits per heavy atom. The van der Waals surface area contributed by atoms with Gasteiger partial charge >= 0.3 is 0 Å². The normalized spacial score (nSPS) is 12.5. The van der Waals surface area contributed by atoms with Crippen molar-refractivity contribution in [1.82, 2.24) is 5.32 Å². The van der Waals surface area contributed by atoms with Gasteiger partial charge in [-0.3, -0.25) is 0 Å². The summed E-state index contributed by atoms with van der Waals surface area (Å²) in [4.78, 5) is 0. The van der Waals surface area contributed by atoms with Gasteiger partial charge in [0, 0.05) is 13.0 Å². The quantitative estimate of drug-likeness (QED) is 0.617. The molecule has 0 aliphatic rings. The summed E-state index contributed by atoms with van der Waals surface area (Å²) in [6.45, 7) is 4.08. The van der Waals surface area contributed by atoms with Crippen LogP contribution in [0, 0.1) is 17.2 Å². The van der Waals surface area contributed by atoms with Crippen molar-refractivity contribution in [2.24, 2.45) is 5.92 Å². The highest BCUT2D eigenvalue weighted by atomic mass is 32.2. The average molecular weight is 172 g/mol. The molecular weight excluding hydrogens is 156 g/mol. The molecule has 64 valence electrons. The van der Waals surface area contributed by atoms with E-state index in [0.29, 0.717) is 12.3 Å².